The van der Waals surface area contributed by atoms with E-state index in [0.717, 1.165) is 44.1 Å². The van der Waals surface area contributed by atoms with Gasteiger partial charge in [0.25, 0.3) is 0 Å². The number of likely N-dealkylation sites (tertiary alicyclic amines) is 1. The molecule has 1 N–H and O–H groups in total. The maximum Gasteiger partial charge on any atom is 0.225 e. The van der Waals surface area contributed by atoms with E-state index in [-0.39, 0.29) is 29.6 Å². The molecular weight excluding hydrogens is 386 g/mol. The average molecular weight is 420 g/mol. The van der Waals surface area contributed by atoms with Gasteiger partial charge in [-0.05, 0) is 48.4 Å². The molecule has 2 heterocycles. The van der Waals surface area contributed by atoms with Crippen molar-refractivity contribution in [2.75, 3.05) is 13.1 Å². The predicted molar refractivity (Wildman–Crippen MR) is 121 cm³/mol. The van der Waals surface area contributed by atoms with Crippen molar-refractivity contribution >= 4 is 11.8 Å². The summed E-state index contributed by atoms with van der Waals surface area (Å²) >= 11 is 0. The summed E-state index contributed by atoms with van der Waals surface area (Å²) in [7, 11) is 0. The Bertz CT molecular complexity index is 875. The summed E-state index contributed by atoms with van der Waals surface area (Å²) < 4.78 is 0. The van der Waals surface area contributed by atoms with Gasteiger partial charge in [-0.15, -0.1) is 0 Å². The molecule has 2 amide bonds. The Morgan fingerprint density at radius 3 is 2.48 bits per heavy atom. The molecule has 0 radical (unpaired) electrons. The summed E-state index contributed by atoms with van der Waals surface area (Å²) in [5.41, 5.74) is 3.52. The van der Waals surface area contributed by atoms with Crippen LogP contribution in [0.3, 0.4) is 0 Å². The Morgan fingerprint density at radius 1 is 1.03 bits per heavy atom. The van der Waals surface area contributed by atoms with Crippen molar-refractivity contribution in [1.82, 2.24) is 15.2 Å². The molecule has 1 saturated heterocycles. The third-order valence-electron chi connectivity index (χ3n) is 6.89. The van der Waals surface area contributed by atoms with Crippen molar-refractivity contribution in [3.63, 3.8) is 0 Å². The highest BCUT2D eigenvalue weighted by Gasteiger charge is 2.37. The van der Waals surface area contributed by atoms with Gasteiger partial charge >= 0.3 is 0 Å². The summed E-state index contributed by atoms with van der Waals surface area (Å²) in [5, 5.41) is 3.07. The second kappa shape index (κ2) is 10.1. The molecule has 1 saturated carbocycles. The summed E-state index contributed by atoms with van der Waals surface area (Å²) in [6.07, 6.45) is 9.55. The van der Waals surface area contributed by atoms with Crippen LogP contribution in [0.5, 0.6) is 0 Å². The number of nitrogens with one attached hydrogen (secondary N) is 1. The van der Waals surface area contributed by atoms with E-state index in [1.165, 1.54) is 11.1 Å². The normalized spacial score (nSPS) is 21.8. The van der Waals surface area contributed by atoms with E-state index in [0.29, 0.717) is 19.6 Å². The fourth-order valence-corrected chi connectivity index (χ4v) is 5.00. The second-order valence-electron chi connectivity index (χ2n) is 9.03. The van der Waals surface area contributed by atoms with E-state index in [1.807, 2.05) is 17.0 Å². The van der Waals surface area contributed by atoms with Crippen LogP contribution in [0.1, 0.15) is 61.6 Å². The Kier molecular flexibility index (Phi) is 7.00. The summed E-state index contributed by atoms with van der Waals surface area (Å²) in [5.74, 6) is 0.423. The molecule has 0 unspecified atom stereocenters. The van der Waals surface area contributed by atoms with Gasteiger partial charge in [-0.2, -0.15) is 0 Å². The average Bonchev–Trinajstić information content (AvgIpc) is 3.37. The molecule has 5 heteroatoms. The van der Waals surface area contributed by atoms with Gasteiger partial charge in [-0.3, -0.25) is 14.6 Å². The predicted octanol–water partition coefficient (Wildman–Crippen LogP) is 4.08. The van der Waals surface area contributed by atoms with Crippen molar-refractivity contribution in [3.05, 3.63) is 65.5 Å². The fourth-order valence-electron chi connectivity index (χ4n) is 5.00. The summed E-state index contributed by atoms with van der Waals surface area (Å²) in [6, 6.07) is 12.5. The molecule has 2 aromatic rings. The first kappa shape index (κ1) is 21.5. The van der Waals surface area contributed by atoms with Crippen LogP contribution in [0.2, 0.25) is 0 Å². The van der Waals surface area contributed by atoms with E-state index in [9.17, 15) is 9.59 Å². The Balaban J connectivity index is 1.48. The highest BCUT2D eigenvalue weighted by molar-refractivity contribution is 5.82. The number of aryl methyl sites for hydroxylation is 1. The third kappa shape index (κ3) is 5.33. The topological polar surface area (TPSA) is 62.3 Å². The molecule has 5 nitrogen and oxygen atoms in total. The lowest BCUT2D eigenvalue weighted by Gasteiger charge is -2.38. The standard InChI is InChI=1S/C26H33N3O2/c1-2-19-9-11-21(12-10-19)23-14-24(25(30)28-16-20-6-5-13-27-15-20)18-29(17-23)26(31)22-7-3-4-8-22/h5-6,9-13,15,22-24H,2-4,7-8,14,16-18H2,1H3,(H,28,30)/t23-,24+/m1/s1. The Hall–Kier alpha value is -2.69. The van der Waals surface area contributed by atoms with Crippen LogP contribution in [0, 0.1) is 11.8 Å². The van der Waals surface area contributed by atoms with Crippen LogP contribution < -0.4 is 5.32 Å². The van der Waals surface area contributed by atoms with Crippen LogP contribution in [0.15, 0.2) is 48.8 Å². The molecule has 2 fully saturated rings. The van der Waals surface area contributed by atoms with E-state index in [4.69, 9.17) is 0 Å². The molecule has 4 rings (SSSR count). The maximum atomic E-state index is 13.2. The van der Waals surface area contributed by atoms with Crippen LogP contribution >= 0.6 is 0 Å². The van der Waals surface area contributed by atoms with Crippen molar-refractivity contribution < 1.29 is 9.59 Å². The molecular formula is C26H33N3O2. The van der Waals surface area contributed by atoms with Gasteiger partial charge in [0.05, 0.1) is 5.92 Å². The van der Waals surface area contributed by atoms with Crippen molar-refractivity contribution in [1.29, 1.82) is 0 Å². The van der Waals surface area contributed by atoms with Gasteiger partial charge in [0.15, 0.2) is 0 Å². The first-order valence-electron chi connectivity index (χ1n) is 11.7. The zero-order chi connectivity index (χ0) is 21.6. The minimum absolute atomic E-state index is 0.0305. The zero-order valence-corrected chi connectivity index (χ0v) is 18.4. The molecule has 1 aliphatic carbocycles. The quantitative estimate of drug-likeness (QED) is 0.767. The Morgan fingerprint density at radius 2 is 1.81 bits per heavy atom. The lowest BCUT2D eigenvalue weighted by molar-refractivity contribution is -0.139. The summed E-state index contributed by atoms with van der Waals surface area (Å²) in [6.45, 7) is 3.86. The number of pyridine rings is 1. The number of amides is 2. The molecule has 2 atom stereocenters. The number of hydrogen-bond acceptors (Lipinski definition) is 3. The SMILES string of the molecule is CCc1ccc([C@@H]2C[C@H](C(=O)NCc3cccnc3)CN(C(=O)C3CCCC3)C2)cc1. The number of hydrogen-bond donors (Lipinski definition) is 1. The zero-order valence-electron chi connectivity index (χ0n) is 18.4. The van der Waals surface area contributed by atoms with Gasteiger partial charge in [0, 0.05) is 43.9 Å². The second-order valence-corrected chi connectivity index (χ2v) is 9.03. The largest absolute Gasteiger partial charge is 0.352 e. The number of carbonyl (C=O) groups is 2. The molecule has 0 spiro atoms. The van der Waals surface area contributed by atoms with Crippen molar-refractivity contribution in [2.24, 2.45) is 11.8 Å². The number of rotatable bonds is 6. The molecule has 0 bridgehead atoms. The fraction of sp³-hybridized carbons (Fsp3) is 0.500. The molecule has 1 aliphatic heterocycles. The first-order chi connectivity index (χ1) is 15.1. The molecule has 2 aliphatic rings. The van der Waals surface area contributed by atoms with Gasteiger partial charge in [0.1, 0.15) is 0 Å². The smallest absolute Gasteiger partial charge is 0.225 e. The van der Waals surface area contributed by atoms with Crippen LogP contribution in [-0.4, -0.2) is 34.8 Å². The monoisotopic (exact) mass is 419 g/mol. The van der Waals surface area contributed by atoms with E-state index < -0.39 is 0 Å². The van der Waals surface area contributed by atoms with Gasteiger partial charge in [-0.25, -0.2) is 0 Å². The lowest BCUT2D eigenvalue weighted by Crippen LogP contribution is -2.49. The van der Waals surface area contributed by atoms with Gasteiger partial charge in [-0.1, -0.05) is 50.1 Å². The van der Waals surface area contributed by atoms with Crippen molar-refractivity contribution in [2.45, 2.75) is 57.9 Å². The molecule has 164 valence electrons. The summed E-state index contributed by atoms with van der Waals surface area (Å²) in [4.78, 5) is 32.4. The van der Waals surface area contributed by atoms with Gasteiger partial charge < -0.3 is 10.2 Å². The van der Waals surface area contributed by atoms with Crippen LogP contribution in [0.4, 0.5) is 0 Å². The van der Waals surface area contributed by atoms with E-state index in [1.54, 1.807) is 12.4 Å². The Labute approximate surface area is 185 Å². The van der Waals surface area contributed by atoms with Crippen LogP contribution in [0.25, 0.3) is 0 Å². The number of aromatic nitrogens is 1. The van der Waals surface area contributed by atoms with E-state index >= 15 is 0 Å². The number of carbonyl (C=O) groups excluding carboxylic acids is 2. The number of nitrogens with zero attached hydrogens (tertiary/aromatic N) is 2. The minimum Gasteiger partial charge on any atom is -0.352 e. The highest BCUT2D eigenvalue weighted by atomic mass is 16.2. The van der Waals surface area contributed by atoms with E-state index in [2.05, 4.69) is 41.5 Å². The lowest BCUT2D eigenvalue weighted by atomic mass is 9.83. The first-order valence-corrected chi connectivity index (χ1v) is 11.7. The minimum atomic E-state index is -0.188. The van der Waals surface area contributed by atoms with Crippen LogP contribution in [-0.2, 0) is 22.6 Å². The number of benzene rings is 1. The van der Waals surface area contributed by atoms with Gasteiger partial charge in [0.2, 0.25) is 11.8 Å². The number of piperidine rings is 1. The molecule has 1 aromatic carbocycles. The highest BCUT2D eigenvalue weighted by Crippen LogP contribution is 2.34. The van der Waals surface area contributed by atoms with Crippen molar-refractivity contribution in [3.8, 4) is 0 Å². The third-order valence-corrected chi connectivity index (χ3v) is 6.89. The molecule has 1 aromatic heterocycles. The molecule has 31 heavy (non-hydrogen) atoms. The maximum absolute atomic E-state index is 13.2.